The Bertz CT molecular complexity index is 1020. The summed E-state index contributed by atoms with van der Waals surface area (Å²) in [5.74, 6) is 0. The highest BCUT2D eigenvalue weighted by Crippen LogP contribution is 2.32. The molecule has 2 heterocycles. The van der Waals surface area contributed by atoms with E-state index >= 15 is 0 Å². The standard InChI is InChI=1S/C23H21F3N2.2ClH/c24-23(25,26)22-3-1-2-20(15-22)19-8-12-28(13-9-19)11-7-17-4-5-18-6-10-27-16-21(18)14-17;;/h1-6,8,10,14-16H,7,9,11-13H2;2*1H. The molecule has 0 amide bonds. The van der Waals surface area contributed by atoms with Crippen molar-refractivity contribution in [1.29, 1.82) is 0 Å². The van der Waals surface area contributed by atoms with Crippen LogP contribution in [0.15, 0.2) is 67.0 Å². The van der Waals surface area contributed by atoms with E-state index in [0.717, 1.165) is 49.5 Å². The molecule has 7 heteroatoms. The minimum Gasteiger partial charge on any atom is -0.299 e. The van der Waals surface area contributed by atoms with Crippen molar-refractivity contribution in [2.24, 2.45) is 0 Å². The number of alkyl halides is 3. The lowest BCUT2D eigenvalue weighted by Gasteiger charge is -2.26. The molecule has 0 fully saturated rings. The number of aromatic nitrogens is 1. The van der Waals surface area contributed by atoms with Gasteiger partial charge in [0.25, 0.3) is 0 Å². The predicted molar refractivity (Wildman–Crippen MR) is 120 cm³/mol. The maximum absolute atomic E-state index is 12.9. The van der Waals surface area contributed by atoms with Crippen molar-refractivity contribution in [3.8, 4) is 0 Å². The molecular weight excluding hydrogens is 432 g/mol. The maximum Gasteiger partial charge on any atom is 0.416 e. The normalized spacial score (nSPS) is 14.6. The van der Waals surface area contributed by atoms with Gasteiger partial charge in [0, 0.05) is 37.4 Å². The molecule has 0 radical (unpaired) electrons. The number of hydrogen-bond acceptors (Lipinski definition) is 2. The van der Waals surface area contributed by atoms with Gasteiger partial charge in [-0.05, 0) is 59.2 Å². The Labute approximate surface area is 186 Å². The van der Waals surface area contributed by atoms with E-state index in [1.165, 1.54) is 23.1 Å². The molecule has 160 valence electrons. The van der Waals surface area contributed by atoms with Gasteiger partial charge in [-0.25, -0.2) is 0 Å². The Kier molecular flexibility index (Phi) is 8.30. The maximum atomic E-state index is 12.9. The van der Waals surface area contributed by atoms with Gasteiger partial charge in [0.05, 0.1) is 5.56 Å². The Morgan fingerprint density at radius 2 is 1.80 bits per heavy atom. The minimum atomic E-state index is -4.30. The number of hydrogen-bond donors (Lipinski definition) is 0. The molecule has 1 aliphatic heterocycles. The Hall–Kier alpha value is -2.08. The summed E-state index contributed by atoms with van der Waals surface area (Å²) in [4.78, 5) is 6.51. The summed E-state index contributed by atoms with van der Waals surface area (Å²) in [5.41, 5.74) is 2.36. The summed E-state index contributed by atoms with van der Waals surface area (Å²) in [6.07, 6.45) is 3.14. The van der Waals surface area contributed by atoms with E-state index in [4.69, 9.17) is 0 Å². The van der Waals surface area contributed by atoms with E-state index < -0.39 is 11.7 Å². The topological polar surface area (TPSA) is 16.1 Å². The Morgan fingerprint density at radius 3 is 2.53 bits per heavy atom. The number of benzene rings is 2. The first-order chi connectivity index (χ1) is 13.5. The van der Waals surface area contributed by atoms with E-state index in [9.17, 15) is 13.2 Å². The third-order valence-corrected chi connectivity index (χ3v) is 5.28. The van der Waals surface area contributed by atoms with Crippen LogP contribution in [0.1, 0.15) is 23.1 Å². The summed E-state index contributed by atoms with van der Waals surface area (Å²) in [6, 6.07) is 14.1. The average Bonchev–Trinajstić information content (AvgIpc) is 2.72. The van der Waals surface area contributed by atoms with Gasteiger partial charge in [0.15, 0.2) is 0 Å². The van der Waals surface area contributed by atoms with Crippen LogP contribution in [0.5, 0.6) is 0 Å². The molecule has 0 aliphatic carbocycles. The molecule has 0 saturated heterocycles. The van der Waals surface area contributed by atoms with Crippen LogP contribution in [0.25, 0.3) is 16.3 Å². The van der Waals surface area contributed by atoms with Crippen molar-refractivity contribution in [3.05, 3.63) is 83.7 Å². The van der Waals surface area contributed by atoms with Gasteiger partial charge < -0.3 is 0 Å². The van der Waals surface area contributed by atoms with Crippen molar-refractivity contribution in [3.63, 3.8) is 0 Å². The van der Waals surface area contributed by atoms with Gasteiger partial charge in [-0.3, -0.25) is 9.88 Å². The van der Waals surface area contributed by atoms with Crippen molar-refractivity contribution >= 4 is 41.2 Å². The lowest BCUT2D eigenvalue weighted by Crippen LogP contribution is -2.30. The second kappa shape index (κ2) is 10.3. The van der Waals surface area contributed by atoms with Crippen molar-refractivity contribution < 1.29 is 13.2 Å². The predicted octanol–water partition coefficient (Wildman–Crippen LogP) is 6.43. The molecule has 0 atom stereocenters. The van der Waals surface area contributed by atoms with Crippen LogP contribution in [0.2, 0.25) is 0 Å². The quantitative estimate of drug-likeness (QED) is 0.451. The summed E-state index contributed by atoms with van der Waals surface area (Å²) >= 11 is 0. The van der Waals surface area contributed by atoms with Gasteiger partial charge in [-0.15, -0.1) is 24.8 Å². The largest absolute Gasteiger partial charge is 0.416 e. The van der Waals surface area contributed by atoms with E-state index in [2.05, 4.69) is 34.2 Å². The first kappa shape index (κ1) is 24.2. The zero-order valence-corrected chi connectivity index (χ0v) is 17.9. The molecule has 1 aliphatic rings. The summed E-state index contributed by atoms with van der Waals surface area (Å²) in [7, 11) is 0. The fraction of sp³-hybridized carbons (Fsp3) is 0.261. The number of nitrogens with zero attached hydrogens (tertiary/aromatic N) is 2. The van der Waals surface area contributed by atoms with E-state index in [1.807, 2.05) is 12.3 Å². The fourth-order valence-electron chi connectivity index (χ4n) is 3.65. The molecule has 2 nitrogen and oxygen atoms in total. The number of halogens is 5. The van der Waals surface area contributed by atoms with E-state index in [0.29, 0.717) is 5.56 Å². The number of fused-ring (bicyclic) bond motifs is 1. The van der Waals surface area contributed by atoms with Gasteiger partial charge >= 0.3 is 6.18 Å². The van der Waals surface area contributed by atoms with E-state index in [1.54, 1.807) is 12.3 Å². The number of rotatable bonds is 4. The second-order valence-corrected chi connectivity index (χ2v) is 7.17. The van der Waals surface area contributed by atoms with E-state index in [-0.39, 0.29) is 24.8 Å². The lowest BCUT2D eigenvalue weighted by molar-refractivity contribution is -0.137. The number of pyridine rings is 1. The highest BCUT2D eigenvalue weighted by Gasteiger charge is 2.30. The SMILES string of the molecule is Cl.Cl.FC(F)(F)c1cccc(C2=CCN(CCc3ccc4ccncc4c3)CC2)c1. The molecular formula is C23H23Cl2F3N2. The summed E-state index contributed by atoms with van der Waals surface area (Å²) < 4.78 is 38.8. The molecule has 0 unspecified atom stereocenters. The first-order valence-corrected chi connectivity index (χ1v) is 9.41. The Balaban J connectivity index is 0.00000160. The smallest absolute Gasteiger partial charge is 0.299 e. The third kappa shape index (κ3) is 5.75. The van der Waals surface area contributed by atoms with Crippen LogP contribution in [-0.2, 0) is 12.6 Å². The van der Waals surface area contributed by atoms with Crippen LogP contribution >= 0.6 is 24.8 Å². The van der Waals surface area contributed by atoms with Gasteiger partial charge in [-0.1, -0.05) is 30.3 Å². The van der Waals surface area contributed by atoms with Crippen molar-refractivity contribution in [2.45, 2.75) is 19.0 Å². The van der Waals surface area contributed by atoms with Crippen LogP contribution < -0.4 is 0 Å². The fourth-order valence-corrected chi connectivity index (χ4v) is 3.65. The molecule has 0 spiro atoms. The van der Waals surface area contributed by atoms with Crippen molar-refractivity contribution in [1.82, 2.24) is 9.88 Å². The van der Waals surface area contributed by atoms with Gasteiger partial charge in [0.2, 0.25) is 0 Å². The molecule has 0 N–H and O–H groups in total. The average molecular weight is 455 g/mol. The van der Waals surface area contributed by atoms with Crippen LogP contribution in [0, 0.1) is 0 Å². The third-order valence-electron chi connectivity index (χ3n) is 5.28. The van der Waals surface area contributed by atoms with Crippen LogP contribution in [-0.4, -0.2) is 29.5 Å². The highest BCUT2D eigenvalue weighted by atomic mass is 35.5. The molecule has 0 bridgehead atoms. The van der Waals surface area contributed by atoms with Crippen LogP contribution in [0.4, 0.5) is 13.2 Å². The monoisotopic (exact) mass is 454 g/mol. The molecule has 1 aromatic heterocycles. The molecule has 0 saturated carbocycles. The summed E-state index contributed by atoms with van der Waals surface area (Å²) in [5, 5.41) is 2.33. The second-order valence-electron chi connectivity index (χ2n) is 7.17. The molecule has 30 heavy (non-hydrogen) atoms. The zero-order chi connectivity index (χ0) is 19.6. The summed E-state index contributed by atoms with van der Waals surface area (Å²) in [6.45, 7) is 2.55. The lowest BCUT2D eigenvalue weighted by atomic mass is 9.97. The van der Waals surface area contributed by atoms with Crippen molar-refractivity contribution in [2.75, 3.05) is 19.6 Å². The minimum absolute atomic E-state index is 0. The first-order valence-electron chi connectivity index (χ1n) is 9.41. The zero-order valence-electron chi connectivity index (χ0n) is 16.2. The molecule has 3 aromatic rings. The molecule has 2 aromatic carbocycles. The Morgan fingerprint density at radius 1 is 0.967 bits per heavy atom. The van der Waals surface area contributed by atoms with Gasteiger partial charge in [-0.2, -0.15) is 13.2 Å². The molecule has 4 rings (SSSR count). The van der Waals surface area contributed by atoms with Crippen LogP contribution in [0.3, 0.4) is 0 Å². The van der Waals surface area contributed by atoms with Gasteiger partial charge in [0.1, 0.15) is 0 Å². The highest BCUT2D eigenvalue weighted by molar-refractivity contribution is 5.85.